The van der Waals surface area contributed by atoms with Crippen LogP contribution in [-0.4, -0.2) is 61.0 Å². The summed E-state index contributed by atoms with van der Waals surface area (Å²) in [6.45, 7) is 7.80. The summed E-state index contributed by atoms with van der Waals surface area (Å²) in [5.74, 6) is 1.25. The average Bonchev–Trinajstić information content (AvgIpc) is 2.66. The number of carbonyl (C=O) groups excluding carboxylic acids is 1. The molecule has 29 heavy (non-hydrogen) atoms. The molecule has 2 aliphatic heterocycles. The van der Waals surface area contributed by atoms with Crippen molar-refractivity contribution in [2.75, 3.05) is 38.3 Å². The second kappa shape index (κ2) is 7.40. The molecule has 0 aliphatic carbocycles. The first-order chi connectivity index (χ1) is 13.7. The Hall–Kier alpha value is -1.93. The quantitative estimate of drug-likeness (QED) is 0.595. The molecule has 156 valence electrons. The lowest BCUT2D eigenvalue weighted by atomic mass is 10.0. The number of nitrogens with zero attached hydrogens (tertiary/aromatic N) is 3. The van der Waals surface area contributed by atoms with E-state index in [9.17, 15) is 4.79 Å². The summed E-state index contributed by atoms with van der Waals surface area (Å²) in [4.78, 5) is 21.0. The van der Waals surface area contributed by atoms with Crippen LogP contribution in [0.5, 0.6) is 11.5 Å². The Morgan fingerprint density at radius 2 is 2.14 bits per heavy atom. The fraction of sp³-hybridized carbons (Fsp3) is 0.500. The van der Waals surface area contributed by atoms with Crippen LogP contribution in [0.2, 0.25) is 5.02 Å². The van der Waals surface area contributed by atoms with Crippen LogP contribution < -0.4 is 14.4 Å². The number of rotatable bonds is 1. The van der Waals surface area contributed by atoms with Crippen molar-refractivity contribution in [2.24, 2.45) is 0 Å². The number of amides is 1. The Balaban J connectivity index is 1.71. The van der Waals surface area contributed by atoms with Crippen LogP contribution in [-0.2, 0) is 4.74 Å². The fourth-order valence-electron chi connectivity index (χ4n) is 3.79. The second-order valence-corrected chi connectivity index (χ2v) is 9.39. The molecule has 7 nitrogen and oxygen atoms in total. The maximum atomic E-state index is 12.5. The molecule has 0 bridgehead atoms. The predicted octanol–water partition coefficient (Wildman–Crippen LogP) is 4.48. The minimum atomic E-state index is -0.525. The third-order valence-corrected chi connectivity index (χ3v) is 6.23. The predicted molar refractivity (Wildman–Crippen MR) is 115 cm³/mol. The highest BCUT2D eigenvalue weighted by Crippen LogP contribution is 2.48. The van der Waals surface area contributed by atoms with Gasteiger partial charge in [-0.15, -0.1) is 0 Å². The number of fused-ring (bicyclic) bond motifs is 5. The van der Waals surface area contributed by atoms with E-state index in [1.165, 1.54) is 0 Å². The van der Waals surface area contributed by atoms with Gasteiger partial charge < -0.3 is 24.0 Å². The molecular formula is C20H23BrClN3O4. The van der Waals surface area contributed by atoms with Crippen molar-refractivity contribution in [2.45, 2.75) is 32.4 Å². The zero-order valence-corrected chi connectivity index (χ0v) is 19.1. The molecule has 1 aromatic heterocycles. The van der Waals surface area contributed by atoms with E-state index in [1.54, 1.807) is 18.2 Å². The number of benzene rings is 1. The first-order valence-electron chi connectivity index (χ1n) is 9.41. The largest absolute Gasteiger partial charge is 0.494 e. The number of carbonyl (C=O) groups is 1. The van der Waals surface area contributed by atoms with Crippen LogP contribution in [0.4, 0.5) is 10.5 Å². The number of ether oxygens (including phenoxy) is 3. The number of halogens is 2. The van der Waals surface area contributed by atoms with Crippen LogP contribution >= 0.6 is 27.5 Å². The maximum Gasteiger partial charge on any atom is 0.410 e. The highest BCUT2D eigenvalue weighted by atomic mass is 79.9. The fourth-order valence-corrected chi connectivity index (χ4v) is 4.41. The summed E-state index contributed by atoms with van der Waals surface area (Å²) < 4.78 is 17.9. The van der Waals surface area contributed by atoms with E-state index >= 15 is 0 Å². The molecule has 4 rings (SSSR count). The smallest absolute Gasteiger partial charge is 0.410 e. The minimum absolute atomic E-state index is 0.00139. The lowest BCUT2D eigenvalue weighted by molar-refractivity contribution is 0.0195. The van der Waals surface area contributed by atoms with Gasteiger partial charge in [0.2, 0.25) is 0 Å². The lowest BCUT2D eigenvalue weighted by Gasteiger charge is -2.45. The first-order valence-corrected chi connectivity index (χ1v) is 10.6. The summed E-state index contributed by atoms with van der Waals surface area (Å²) in [5, 5.41) is 1.30. The van der Waals surface area contributed by atoms with Crippen molar-refractivity contribution >= 4 is 50.2 Å². The number of hydrogen-bond donors (Lipinski definition) is 0. The van der Waals surface area contributed by atoms with E-state index in [0.29, 0.717) is 42.8 Å². The van der Waals surface area contributed by atoms with Gasteiger partial charge in [0.15, 0.2) is 5.75 Å². The summed E-state index contributed by atoms with van der Waals surface area (Å²) in [7, 11) is 1.59. The molecule has 1 amide bonds. The lowest BCUT2D eigenvalue weighted by Crippen LogP contribution is -2.59. The van der Waals surface area contributed by atoms with Crippen molar-refractivity contribution in [3.63, 3.8) is 0 Å². The molecule has 2 aromatic rings. The standard InChI is InChI=1S/C20H23BrClN3O4/c1-20(2,3)29-19(26)24-5-6-25-11(9-24)10-28-14-8-23-13-7-12(21)16(22)18(27-4)15(13)17(14)25/h7-8,11H,5-6,9-10H2,1-4H3/t11-/m1/s1. The number of hydrogen-bond acceptors (Lipinski definition) is 6. The topological polar surface area (TPSA) is 64.1 Å². The number of anilines is 1. The monoisotopic (exact) mass is 483 g/mol. The van der Waals surface area contributed by atoms with E-state index in [0.717, 1.165) is 21.1 Å². The van der Waals surface area contributed by atoms with Crippen molar-refractivity contribution < 1.29 is 19.0 Å². The molecule has 9 heteroatoms. The van der Waals surface area contributed by atoms with Gasteiger partial charge in [-0.25, -0.2) is 4.79 Å². The van der Waals surface area contributed by atoms with Crippen molar-refractivity contribution in [1.29, 1.82) is 0 Å². The third-order valence-electron chi connectivity index (χ3n) is 5.00. The molecule has 0 unspecified atom stereocenters. The van der Waals surface area contributed by atoms with E-state index in [-0.39, 0.29) is 12.1 Å². The average molecular weight is 485 g/mol. The van der Waals surface area contributed by atoms with Gasteiger partial charge in [0.1, 0.15) is 18.0 Å². The molecule has 0 spiro atoms. The highest BCUT2D eigenvalue weighted by molar-refractivity contribution is 9.10. The zero-order chi connectivity index (χ0) is 20.9. The van der Waals surface area contributed by atoms with Gasteiger partial charge in [0.25, 0.3) is 0 Å². The van der Waals surface area contributed by atoms with Gasteiger partial charge in [0.05, 0.1) is 41.0 Å². The maximum absolute atomic E-state index is 12.5. The van der Waals surface area contributed by atoms with Crippen LogP contribution in [0, 0.1) is 0 Å². The van der Waals surface area contributed by atoms with Gasteiger partial charge >= 0.3 is 6.09 Å². The normalized spacial score (nSPS) is 18.8. The molecule has 0 saturated carbocycles. The molecule has 0 N–H and O–H groups in total. The van der Waals surface area contributed by atoms with Gasteiger partial charge in [0, 0.05) is 24.1 Å². The van der Waals surface area contributed by atoms with Crippen LogP contribution in [0.3, 0.4) is 0 Å². The molecule has 1 saturated heterocycles. The molecule has 0 radical (unpaired) electrons. The van der Waals surface area contributed by atoms with Crippen molar-refractivity contribution in [3.8, 4) is 11.5 Å². The third kappa shape index (κ3) is 3.68. The number of piperazine rings is 1. The highest BCUT2D eigenvalue weighted by Gasteiger charge is 2.38. The molecule has 1 fully saturated rings. The summed E-state index contributed by atoms with van der Waals surface area (Å²) >= 11 is 9.95. The Labute approximate surface area is 183 Å². The van der Waals surface area contributed by atoms with Crippen LogP contribution in [0.25, 0.3) is 10.9 Å². The van der Waals surface area contributed by atoms with Crippen molar-refractivity contribution in [1.82, 2.24) is 9.88 Å². The molecule has 3 heterocycles. The van der Waals surface area contributed by atoms with Crippen LogP contribution in [0.15, 0.2) is 16.7 Å². The van der Waals surface area contributed by atoms with Crippen molar-refractivity contribution in [3.05, 3.63) is 21.8 Å². The Morgan fingerprint density at radius 3 is 2.83 bits per heavy atom. The van der Waals surface area contributed by atoms with Gasteiger partial charge in [-0.3, -0.25) is 4.98 Å². The Bertz CT molecular complexity index is 979. The second-order valence-electron chi connectivity index (χ2n) is 8.16. The SMILES string of the molecule is COc1c(Cl)c(Br)cc2ncc3c(c12)N1CCN(C(=O)OC(C)(C)C)C[C@@H]1CO3. The Kier molecular flexibility index (Phi) is 5.19. The molecule has 1 atom stereocenters. The molecular weight excluding hydrogens is 462 g/mol. The summed E-state index contributed by atoms with van der Waals surface area (Å²) in [6, 6.07) is 1.88. The minimum Gasteiger partial charge on any atom is -0.494 e. The van der Waals surface area contributed by atoms with Crippen LogP contribution in [0.1, 0.15) is 20.8 Å². The van der Waals surface area contributed by atoms with Gasteiger partial charge in [-0.05, 0) is 42.8 Å². The van der Waals surface area contributed by atoms with E-state index in [2.05, 4.69) is 25.8 Å². The first kappa shape index (κ1) is 20.3. The van der Waals surface area contributed by atoms with Gasteiger partial charge in [-0.2, -0.15) is 0 Å². The van der Waals surface area contributed by atoms with E-state index < -0.39 is 5.60 Å². The van der Waals surface area contributed by atoms with E-state index in [4.69, 9.17) is 25.8 Å². The van der Waals surface area contributed by atoms with Gasteiger partial charge in [-0.1, -0.05) is 11.6 Å². The number of aromatic nitrogens is 1. The summed E-state index contributed by atoms with van der Waals surface area (Å²) in [6.07, 6.45) is 1.43. The van der Waals surface area contributed by atoms with E-state index in [1.807, 2.05) is 26.8 Å². The molecule has 2 aliphatic rings. The number of pyridine rings is 1. The Morgan fingerprint density at radius 1 is 1.38 bits per heavy atom. The number of methoxy groups -OCH3 is 1. The molecule has 1 aromatic carbocycles. The summed E-state index contributed by atoms with van der Waals surface area (Å²) in [5.41, 5.74) is 1.14. The zero-order valence-electron chi connectivity index (χ0n) is 16.8.